The minimum atomic E-state index is -0.473. The molecule has 0 aliphatic rings. The van der Waals surface area contributed by atoms with Crippen LogP contribution in [0.1, 0.15) is 11.1 Å². The molecule has 1 N–H and O–H groups in total. The predicted molar refractivity (Wildman–Crippen MR) is 76.6 cm³/mol. The summed E-state index contributed by atoms with van der Waals surface area (Å²) in [5.41, 5.74) is 1.66. The predicted octanol–water partition coefficient (Wildman–Crippen LogP) is 3.22. The molecule has 0 saturated heterocycles. The maximum Gasteiger partial charge on any atom is 0.272 e. The number of carbonyl (C=O) groups excluding carboxylic acids is 1. The van der Waals surface area contributed by atoms with E-state index in [0.717, 1.165) is 0 Å². The minimum Gasteiger partial charge on any atom is -0.326 e. The lowest BCUT2D eigenvalue weighted by molar-refractivity contribution is -0.385. The van der Waals surface area contributed by atoms with Crippen molar-refractivity contribution in [3.8, 4) is 0 Å². The molecular weight excluding hydrogens is 275 g/mol. The third-order valence-electron chi connectivity index (χ3n) is 2.96. The normalized spacial score (nSPS) is 10.2. The van der Waals surface area contributed by atoms with Crippen molar-refractivity contribution >= 4 is 17.3 Å². The fraction of sp³-hybridized carbons (Fsp3) is 0.133. The Morgan fingerprint density at radius 2 is 1.90 bits per heavy atom. The lowest BCUT2D eigenvalue weighted by Crippen LogP contribution is -2.14. The monoisotopic (exact) mass is 288 g/mol. The van der Waals surface area contributed by atoms with E-state index < -0.39 is 4.92 Å². The number of nitro groups is 1. The number of carbonyl (C=O) groups is 1. The molecule has 0 atom stereocenters. The summed E-state index contributed by atoms with van der Waals surface area (Å²) in [5, 5.41) is 13.4. The highest BCUT2D eigenvalue weighted by molar-refractivity contribution is 5.92. The molecule has 6 heteroatoms. The molecule has 2 aromatic rings. The van der Waals surface area contributed by atoms with Crippen LogP contribution in [0.2, 0.25) is 0 Å². The number of rotatable bonds is 4. The molecule has 0 heterocycles. The Balaban J connectivity index is 2.04. The van der Waals surface area contributed by atoms with E-state index in [4.69, 9.17) is 0 Å². The molecule has 2 rings (SSSR count). The summed E-state index contributed by atoms with van der Waals surface area (Å²) >= 11 is 0. The van der Waals surface area contributed by atoms with E-state index >= 15 is 0 Å². The molecular formula is C15H13FN2O3. The first-order valence-electron chi connectivity index (χ1n) is 6.25. The molecule has 21 heavy (non-hydrogen) atoms. The van der Waals surface area contributed by atoms with E-state index in [0.29, 0.717) is 16.8 Å². The molecule has 2 aromatic carbocycles. The molecule has 0 saturated carbocycles. The quantitative estimate of drug-likeness (QED) is 0.693. The van der Waals surface area contributed by atoms with Crippen molar-refractivity contribution in [1.29, 1.82) is 0 Å². The fourth-order valence-corrected chi connectivity index (χ4v) is 1.93. The van der Waals surface area contributed by atoms with Gasteiger partial charge in [0.1, 0.15) is 5.82 Å². The molecule has 108 valence electrons. The van der Waals surface area contributed by atoms with Gasteiger partial charge in [-0.25, -0.2) is 4.39 Å². The van der Waals surface area contributed by atoms with Crippen LogP contribution in [-0.2, 0) is 11.2 Å². The number of benzene rings is 2. The molecule has 5 nitrogen and oxygen atoms in total. The summed E-state index contributed by atoms with van der Waals surface area (Å²) in [6.45, 7) is 1.60. The molecule has 0 aliphatic heterocycles. The number of nitro benzene ring substituents is 1. The van der Waals surface area contributed by atoms with Crippen LogP contribution in [0.25, 0.3) is 0 Å². The number of hydrogen-bond acceptors (Lipinski definition) is 3. The molecule has 0 bridgehead atoms. The smallest absolute Gasteiger partial charge is 0.272 e. The standard InChI is InChI=1S/C15H13FN2O3/c1-10-8-13(6-7-14(10)18(20)21)17-15(19)9-11-2-4-12(16)5-3-11/h2-8H,9H2,1H3,(H,17,19). The lowest BCUT2D eigenvalue weighted by Gasteiger charge is -2.06. The number of nitrogens with one attached hydrogen (secondary N) is 1. The van der Waals surface area contributed by atoms with E-state index in [1.165, 1.54) is 36.4 Å². The first-order chi connectivity index (χ1) is 9.95. The van der Waals surface area contributed by atoms with Crippen LogP contribution in [-0.4, -0.2) is 10.8 Å². The van der Waals surface area contributed by atoms with Gasteiger partial charge in [-0.05, 0) is 36.8 Å². The van der Waals surface area contributed by atoms with Crippen molar-refractivity contribution in [3.05, 3.63) is 69.5 Å². The number of nitrogens with zero attached hydrogens (tertiary/aromatic N) is 1. The Bertz CT molecular complexity index is 684. The first kappa shape index (κ1) is 14.6. The summed E-state index contributed by atoms with van der Waals surface area (Å²) in [5.74, 6) is -0.625. The third kappa shape index (κ3) is 3.85. The second-order valence-corrected chi connectivity index (χ2v) is 4.61. The van der Waals surface area contributed by atoms with Gasteiger partial charge in [0.15, 0.2) is 0 Å². The molecule has 0 fully saturated rings. The van der Waals surface area contributed by atoms with E-state index in [2.05, 4.69) is 5.32 Å². The largest absolute Gasteiger partial charge is 0.326 e. The Hall–Kier alpha value is -2.76. The van der Waals surface area contributed by atoms with E-state index in [-0.39, 0.29) is 23.8 Å². The van der Waals surface area contributed by atoms with Crippen molar-refractivity contribution < 1.29 is 14.1 Å². The zero-order valence-electron chi connectivity index (χ0n) is 11.3. The van der Waals surface area contributed by atoms with Crippen LogP contribution in [0, 0.1) is 22.9 Å². The van der Waals surface area contributed by atoms with Crippen molar-refractivity contribution in [2.24, 2.45) is 0 Å². The molecule has 0 unspecified atom stereocenters. The Morgan fingerprint density at radius 1 is 1.24 bits per heavy atom. The van der Waals surface area contributed by atoms with Crippen molar-refractivity contribution in [3.63, 3.8) is 0 Å². The Labute approximate surface area is 120 Å². The van der Waals surface area contributed by atoms with Gasteiger partial charge >= 0.3 is 0 Å². The van der Waals surface area contributed by atoms with Gasteiger partial charge in [0.05, 0.1) is 11.3 Å². The van der Waals surface area contributed by atoms with Crippen LogP contribution in [0.4, 0.5) is 15.8 Å². The summed E-state index contributed by atoms with van der Waals surface area (Å²) in [6, 6.07) is 10.0. The van der Waals surface area contributed by atoms with Crippen molar-refractivity contribution in [2.75, 3.05) is 5.32 Å². The summed E-state index contributed by atoms with van der Waals surface area (Å²) in [4.78, 5) is 22.1. The highest BCUT2D eigenvalue weighted by atomic mass is 19.1. The van der Waals surface area contributed by atoms with E-state index in [1.807, 2.05) is 0 Å². The highest BCUT2D eigenvalue weighted by Crippen LogP contribution is 2.21. The second kappa shape index (κ2) is 6.13. The van der Waals surface area contributed by atoms with Crippen molar-refractivity contribution in [2.45, 2.75) is 13.3 Å². The average Bonchev–Trinajstić information content (AvgIpc) is 2.41. The van der Waals surface area contributed by atoms with E-state index in [9.17, 15) is 19.3 Å². The number of amides is 1. The summed E-state index contributed by atoms with van der Waals surface area (Å²) in [7, 11) is 0. The van der Waals surface area contributed by atoms with Gasteiger partial charge in [-0.3, -0.25) is 14.9 Å². The first-order valence-corrected chi connectivity index (χ1v) is 6.25. The van der Waals surface area contributed by atoms with Gasteiger partial charge in [-0.2, -0.15) is 0 Å². The lowest BCUT2D eigenvalue weighted by atomic mass is 10.1. The topological polar surface area (TPSA) is 72.2 Å². The fourth-order valence-electron chi connectivity index (χ4n) is 1.93. The van der Waals surface area contributed by atoms with Crippen LogP contribution in [0.3, 0.4) is 0 Å². The number of halogens is 1. The molecule has 0 radical (unpaired) electrons. The van der Waals surface area contributed by atoms with Gasteiger partial charge < -0.3 is 5.32 Å². The van der Waals surface area contributed by atoms with Gasteiger partial charge in [0, 0.05) is 17.3 Å². The van der Waals surface area contributed by atoms with Crippen LogP contribution >= 0.6 is 0 Å². The van der Waals surface area contributed by atoms with Gasteiger partial charge in [-0.1, -0.05) is 12.1 Å². The van der Waals surface area contributed by atoms with Crippen molar-refractivity contribution in [1.82, 2.24) is 0 Å². The Morgan fingerprint density at radius 3 is 2.48 bits per heavy atom. The van der Waals surface area contributed by atoms with Gasteiger partial charge in [-0.15, -0.1) is 0 Å². The van der Waals surface area contributed by atoms with Crippen LogP contribution in [0.5, 0.6) is 0 Å². The van der Waals surface area contributed by atoms with Gasteiger partial charge in [0.2, 0.25) is 5.91 Å². The van der Waals surface area contributed by atoms with Crippen LogP contribution < -0.4 is 5.32 Å². The average molecular weight is 288 g/mol. The number of hydrogen-bond donors (Lipinski definition) is 1. The zero-order chi connectivity index (χ0) is 15.4. The minimum absolute atomic E-state index is 0.00605. The number of aryl methyl sites for hydroxylation is 1. The number of anilines is 1. The maximum absolute atomic E-state index is 12.8. The van der Waals surface area contributed by atoms with E-state index in [1.54, 1.807) is 13.0 Å². The summed E-state index contributed by atoms with van der Waals surface area (Å²) < 4.78 is 12.8. The molecule has 0 aliphatic carbocycles. The third-order valence-corrected chi connectivity index (χ3v) is 2.96. The zero-order valence-corrected chi connectivity index (χ0v) is 11.3. The molecule has 0 spiro atoms. The van der Waals surface area contributed by atoms with Crippen LogP contribution in [0.15, 0.2) is 42.5 Å². The second-order valence-electron chi connectivity index (χ2n) is 4.61. The Kier molecular flexibility index (Phi) is 4.27. The summed E-state index contributed by atoms with van der Waals surface area (Å²) in [6.07, 6.45) is 0.107. The molecule has 1 amide bonds. The van der Waals surface area contributed by atoms with Gasteiger partial charge in [0.25, 0.3) is 5.69 Å². The SMILES string of the molecule is Cc1cc(NC(=O)Cc2ccc(F)cc2)ccc1[N+](=O)[O-]. The maximum atomic E-state index is 12.8. The molecule has 0 aromatic heterocycles. The highest BCUT2D eigenvalue weighted by Gasteiger charge is 2.11.